The smallest absolute Gasteiger partial charge is 0.176 e. The summed E-state index contributed by atoms with van der Waals surface area (Å²) in [5, 5.41) is 8.94. The standard InChI is InChI=1S/C12H16O3S/c1-9(7-13)16-8-11(14)10-5-3-4-6-12(10)15-2/h3-6,9,13H,7-8H2,1-2H3. The zero-order valence-electron chi connectivity index (χ0n) is 9.47. The number of ketones is 1. The van der Waals surface area contributed by atoms with Crippen molar-refractivity contribution >= 4 is 17.5 Å². The van der Waals surface area contributed by atoms with Gasteiger partial charge in [-0.1, -0.05) is 19.1 Å². The van der Waals surface area contributed by atoms with Crippen LogP contribution < -0.4 is 4.74 Å². The first-order valence-corrected chi connectivity index (χ1v) is 6.12. The summed E-state index contributed by atoms with van der Waals surface area (Å²) in [7, 11) is 1.55. The summed E-state index contributed by atoms with van der Waals surface area (Å²) in [5.41, 5.74) is 0.600. The summed E-state index contributed by atoms with van der Waals surface area (Å²) < 4.78 is 5.12. The van der Waals surface area contributed by atoms with Crippen LogP contribution in [0.2, 0.25) is 0 Å². The lowest BCUT2D eigenvalue weighted by Gasteiger charge is -2.09. The van der Waals surface area contributed by atoms with Crippen molar-refractivity contribution in [3.05, 3.63) is 29.8 Å². The number of hydrogen-bond acceptors (Lipinski definition) is 4. The summed E-state index contributed by atoms with van der Waals surface area (Å²) in [5.74, 6) is 0.995. The molecule has 1 unspecified atom stereocenters. The van der Waals surface area contributed by atoms with Crippen LogP contribution in [0.1, 0.15) is 17.3 Å². The Hall–Kier alpha value is -1.00. The lowest BCUT2D eigenvalue weighted by atomic mass is 10.1. The van der Waals surface area contributed by atoms with E-state index in [1.807, 2.05) is 19.1 Å². The number of rotatable bonds is 6. The molecule has 3 nitrogen and oxygen atoms in total. The van der Waals surface area contributed by atoms with Crippen LogP contribution in [-0.2, 0) is 0 Å². The molecule has 0 aliphatic carbocycles. The van der Waals surface area contributed by atoms with Gasteiger partial charge in [-0.15, -0.1) is 11.8 Å². The van der Waals surface area contributed by atoms with Crippen molar-refractivity contribution in [2.75, 3.05) is 19.5 Å². The molecule has 16 heavy (non-hydrogen) atoms. The van der Waals surface area contributed by atoms with Crippen molar-refractivity contribution in [3.8, 4) is 5.75 Å². The molecule has 0 aliphatic heterocycles. The predicted octanol–water partition coefficient (Wildman–Crippen LogP) is 1.99. The van der Waals surface area contributed by atoms with E-state index in [9.17, 15) is 4.79 Å². The Morgan fingerprint density at radius 3 is 2.81 bits per heavy atom. The Kier molecular flexibility index (Phi) is 5.35. The minimum absolute atomic E-state index is 0.0303. The molecule has 0 aromatic heterocycles. The maximum Gasteiger partial charge on any atom is 0.176 e. The number of thioether (sulfide) groups is 1. The molecule has 4 heteroatoms. The first-order chi connectivity index (χ1) is 7.69. The lowest BCUT2D eigenvalue weighted by molar-refractivity contribution is 0.101. The molecule has 0 heterocycles. The average molecular weight is 240 g/mol. The zero-order chi connectivity index (χ0) is 12.0. The quantitative estimate of drug-likeness (QED) is 0.772. The van der Waals surface area contributed by atoms with E-state index in [1.54, 1.807) is 19.2 Å². The van der Waals surface area contributed by atoms with Gasteiger partial charge in [0.2, 0.25) is 0 Å². The third-order valence-corrected chi connectivity index (χ3v) is 3.31. The highest BCUT2D eigenvalue weighted by Gasteiger charge is 2.12. The summed E-state index contributed by atoms with van der Waals surface area (Å²) in [4.78, 5) is 11.9. The van der Waals surface area contributed by atoms with Crippen LogP contribution in [-0.4, -0.2) is 35.6 Å². The van der Waals surface area contributed by atoms with E-state index in [1.165, 1.54) is 11.8 Å². The van der Waals surface area contributed by atoms with Gasteiger partial charge in [0.05, 0.1) is 25.0 Å². The van der Waals surface area contributed by atoms with Gasteiger partial charge in [0.25, 0.3) is 0 Å². The fourth-order valence-corrected chi connectivity index (χ4v) is 1.92. The molecule has 0 saturated heterocycles. The van der Waals surface area contributed by atoms with Gasteiger partial charge in [-0.05, 0) is 12.1 Å². The van der Waals surface area contributed by atoms with Crippen LogP contribution in [0, 0.1) is 0 Å². The SMILES string of the molecule is COc1ccccc1C(=O)CSC(C)CO. The molecule has 1 aromatic carbocycles. The molecule has 1 aromatic rings. The third-order valence-electron chi connectivity index (χ3n) is 2.16. The fraction of sp³-hybridized carbons (Fsp3) is 0.417. The van der Waals surface area contributed by atoms with E-state index in [4.69, 9.17) is 9.84 Å². The second-order valence-electron chi connectivity index (χ2n) is 3.43. The molecule has 0 fully saturated rings. The minimum atomic E-state index is 0.0303. The number of carbonyl (C=O) groups excluding carboxylic acids is 1. The van der Waals surface area contributed by atoms with Crippen molar-refractivity contribution in [1.29, 1.82) is 0 Å². The molecule has 0 bridgehead atoms. The molecule has 0 spiro atoms. The van der Waals surface area contributed by atoms with Gasteiger partial charge in [0.1, 0.15) is 5.75 Å². The van der Waals surface area contributed by atoms with Gasteiger partial charge in [0, 0.05) is 5.25 Å². The summed E-state index contributed by atoms with van der Waals surface area (Å²) >= 11 is 1.44. The predicted molar refractivity (Wildman–Crippen MR) is 66.3 cm³/mol. The molecule has 88 valence electrons. The molecular formula is C12H16O3S. The lowest BCUT2D eigenvalue weighted by Crippen LogP contribution is -2.10. The van der Waals surface area contributed by atoms with Crippen molar-refractivity contribution in [3.63, 3.8) is 0 Å². The Bertz CT molecular complexity index is 352. The molecule has 1 N–H and O–H groups in total. The average Bonchev–Trinajstić information content (AvgIpc) is 2.35. The molecule has 0 aliphatic rings. The Balaban J connectivity index is 2.65. The topological polar surface area (TPSA) is 46.5 Å². The van der Waals surface area contributed by atoms with E-state index in [0.29, 0.717) is 17.1 Å². The molecular weight excluding hydrogens is 224 g/mol. The highest BCUT2D eigenvalue weighted by Crippen LogP contribution is 2.20. The second-order valence-corrected chi connectivity index (χ2v) is 4.85. The van der Waals surface area contributed by atoms with Gasteiger partial charge < -0.3 is 9.84 Å². The maximum absolute atomic E-state index is 11.9. The van der Waals surface area contributed by atoms with E-state index in [0.717, 1.165) is 0 Å². The van der Waals surface area contributed by atoms with E-state index in [2.05, 4.69) is 0 Å². The van der Waals surface area contributed by atoms with Crippen LogP contribution in [0.4, 0.5) is 0 Å². The normalized spacial score (nSPS) is 12.2. The summed E-state index contributed by atoms with van der Waals surface area (Å²) in [6, 6.07) is 7.17. The number of aliphatic hydroxyl groups is 1. The molecule has 1 atom stereocenters. The number of ether oxygens (including phenoxy) is 1. The van der Waals surface area contributed by atoms with Gasteiger partial charge in [-0.3, -0.25) is 4.79 Å². The third kappa shape index (κ3) is 3.54. The Labute approximate surface area is 99.8 Å². The van der Waals surface area contributed by atoms with Gasteiger partial charge in [-0.25, -0.2) is 0 Å². The fourth-order valence-electron chi connectivity index (χ4n) is 1.22. The Morgan fingerprint density at radius 2 is 2.19 bits per heavy atom. The summed E-state index contributed by atoms with van der Waals surface area (Å²) in [6.07, 6.45) is 0. The summed E-state index contributed by atoms with van der Waals surface area (Å²) in [6.45, 7) is 1.98. The number of hydrogen-bond donors (Lipinski definition) is 1. The maximum atomic E-state index is 11.9. The highest BCUT2D eigenvalue weighted by molar-refractivity contribution is 8.00. The first kappa shape index (κ1) is 13.1. The van der Waals surface area contributed by atoms with Crippen LogP contribution in [0.5, 0.6) is 5.75 Å². The number of Topliss-reactive ketones (excluding diaryl/α,β-unsaturated/α-hetero) is 1. The van der Waals surface area contributed by atoms with E-state index in [-0.39, 0.29) is 17.6 Å². The number of methoxy groups -OCH3 is 1. The first-order valence-electron chi connectivity index (χ1n) is 5.07. The minimum Gasteiger partial charge on any atom is -0.496 e. The number of aliphatic hydroxyl groups excluding tert-OH is 1. The number of para-hydroxylation sites is 1. The molecule has 1 rings (SSSR count). The zero-order valence-corrected chi connectivity index (χ0v) is 10.3. The van der Waals surface area contributed by atoms with Gasteiger partial charge >= 0.3 is 0 Å². The largest absolute Gasteiger partial charge is 0.496 e. The van der Waals surface area contributed by atoms with Crippen molar-refractivity contribution in [1.82, 2.24) is 0 Å². The number of carbonyl (C=O) groups is 1. The van der Waals surface area contributed by atoms with Crippen LogP contribution in [0.25, 0.3) is 0 Å². The van der Waals surface area contributed by atoms with Crippen LogP contribution >= 0.6 is 11.8 Å². The van der Waals surface area contributed by atoms with Crippen molar-refractivity contribution < 1.29 is 14.6 Å². The van der Waals surface area contributed by atoms with E-state index < -0.39 is 0 Å². The second kappa shape index (κ2) is 6.55. The molecule has 0 saturated carbocycles. The van der Waals surface area contributed by atoms with Crippen molar-refractivity contribution in [2.45, 2.75) is 12.2 Å². The van der Waals surface area contributed by atoms with Crippen LogP contribution in [0.15, 0.2) is 24.3 Å². The Morgan fingerprint density at radius 1 is 1.50 bits per heavy atom. The highest BCUT2D eigenvalue weighted by atomic mass is 32.2. The van der Waals surface area contributed by atoms with Crippen LogP contribution in [0.3, 0.4) is 0 Å². The van der Waals surface area contributed by atoms with Crippen molar-refractivity contribution in [2.24, 2.45) is 0 Å². The van der Waals surface area contributed by atoms with E-state index >= 15 is 0 Å². The number of benzene rings is 1. The molecule has 0 amide bonds. The monoisotopic (exact) mass is 240 g/mol. The molecule has 0 radical (unpaired) electrons. The van der Waals surface area contributed by atoms with Gasteiger partial charge in [-0.2, -0.15) is 0 Å². The van der Waals surface area contributed by atoms with Gasteiger partial charge in [0.15, 0.2) is 5.78 Å².